The zero-order valence-electron chi connectivity index (χ0n) is 14.5. The van der Waals surface area contributed by atoms with Crippen LogP contribution in [0.3, 0.4) is 0 Å². The lowest BCUT2D eigenvalue weighted by Crippen LogP contribution is -2.47. The second-order valence-corrected chi connectivity index (χ2v) is 8.60. The largest absolute Gasteiger partial charge is 0.390 e. The first-order valence-electron chi connectivity index (χ1n) is 8.99. The molecule has 21 heavy (non-hydrogen) atoms. The number of ketones is 1. The first kappa shape index (κ1) is 17.0. The van der Waals surface area contributed by atoms with Crippen LogP contribution in [0, 0.1) is 23.2 Å². The van der Waals surface area contributed by atoms with E-state index in [4.69, 9.17) is 0 Å². The van der Waals surface area contributed by atoms with Crippen molar-refractivity contribution in [2.24, 2.45) is 23.2 Å². The Balaban J connectivity index is 1.99. The molecule has 4 atom stereocenters. The van der Waals surface area contributed by atoms with Gasteiger partial charge in [0.05, 0.1) is 5.60 Å². The number of hydrogen-bond acceptors (Lipinski definition) is 2. The van der Waals surface area contributed by atoms with E-state index in [1.807, 2.05) is 13.8 Å². The van der Waals surface area contributed by atoms with Gasteiger partial charge >= 0.3 is 0 Å². The zero-order valence-corrected chi connectivity index (χ0v) is 14.5. The summed E-state index contributed by atoms with van der Waals surface area (Å²) in [7, 11) is 0. The molecule has 2 saturated carbocycles. The summed E-state index contributed by atoms with van der Waals surface area (Å²) in [6.45, 7) is 8.57. The molecule has 2 heteroatoms. The molecule has 2 rings (SSSR count). The summed E-state index contributed by atoms with van der Waals surface area (Å²) in [6.07, 6.45) is 9.96. The fourth-order valence-electron chi connectivity index (χ4n) is 5.16. The van der Waals surface area contributed by atoms with Crippen molar-refractivity contribution in [1.82, 2.24) is 0 Å². The van der Waals surface area contributed by atoms with E-state index in [0.29, 0.717) is 23.5 Å². The van der Waals surface area contributed by atoms with Crippen molar-refractivity contribution in [3.05, 3.63) is 0 Å². The number of hydrogen-bond donors (Lipinski definition) is 1. The van der Waals surface area contributed by atoms with Gasteiger partial charge in [-0.2, -0.15) is 0 Å². The lowest BCUT2D eigenvalue weighted by atomic mass is 9.52. The van der Waals surface area contributed by atoms with Crippen molar-refractivity contribution < 1.29 is 9.90 Å². The standard InChI is InChI=1S/C19H34O2/c1-14(8-6-12-18(2,3)21)15-9-5-10-16-17(20)11-7-13-19(15,16)4/h14-16,21H,5-13H2,1-4H3/t14-,15+,16-,19+/m0/s1. The van der Waals surface area contributed by atoms with Gasteiger partial charge in [-0.3, -0.25) is 4.79 Å². The summed E-state index contributed by atoms with van der Waals surface area (Å²) in [4.78, 5) is 12.3. The molecule has 2 aliphatic carbocycles. The Bertz CT molecular complexity index is 368. The van der Waals surface area contributed by atoms with Crippen LogP contribution in [-0.2, 0) is 4.79 Å². The zero-order chi connectivity index (χ0) is 15.7. The molecule has 0 radical (unpaired) electrons. The number of fused-ring (bicyclic) bond motifs is 1. The first-order chi connectivity index (χ1) is 9.74. The molecule has 0 bridgehead atoms. The molecule has 2 aliphatic rings. The minimum absolute atomic E-state index is 0.252. The lowest BCUT2D eigenvalue weighted by molar-refractivity contribution is -0.137. The number of carbonyl (C=O) groups excluding carboxylic acids is 1. The monoisotopic (exact) mass is 294 g/mol. The normalized spacial score (nSPS) is 35.4. The average Bonchev–Trinajstić information content (AvgIpc) is 2.36. The number of carbonyl (C=O) groups is 1. The number of Topliss-reactive ketones (excluding diaryl/α,β-unsaturated/α-hetero) is 1. The SMILES string of the molecule is C[C@@H](CCCC(C)(C)O)[C@H]1CCC[C@H]2C(=O)CCC[C@]12C. The Hall–Kier alpha value is -0.370. The van der Waals surface area contributed by atoms with E-state index < -0.39 is 5.60 Å². The molecule has 2 nitrogen and oxygen atoms in total. The Morgan fingerprint density at radius 2 is 2.05 bits per heavy atom. The van der Waals surface area contributed by atoms with Crippen LogP contribution >= 0.6 is 0 Å². The minimum atomic E-state index is -0.542. The molecular formula is C19H34O2. The minimum Gasteiger partial charge on any atom is -0.390 e. The predicted octanol–water partition coefficient (Wildman–Crippen LogP) is 4.74. The second-order valence-electron chi connectivity index (χ2n) is 8.60. The topological polar surface area (TPSA) is 37.3 Å². The van der Waals surface area contributed by atoms with Crippen molar-refractivity contribution in [1.29, 1.82) is 0 Å². The Labute approximate surface area is 130 Å². The smallest absolute Gasteiger partial charge is 0.136 e. The van der Waals surface area contributed by atoms with E-state index in [1.165, 1.54) is 25.7 Å². The van der Waals surface area contributed by atoms with Crippen LogP contribution in [0.15, 0.2) is 0 Å². The second kappa shape index (κ2) is 6.40. The fourth-order valence-corrected chi connectivity index (χ4v) is 5.16. The number of aliphatic hydroxyl groups is 1. The molecule has 0 saturated heterocycles. The molecule has 0 aromatic heterocycles. The Morgan fingerprint density at radius 3 is 2.71 bits per heavy atom. The van der Waals surface area contributed by atoms with Gasteiger partial charge in [0.2, 0.25) is 0 Å². The van der Waals surface area contributed by atoms with Crippen LogP contribution in [-0.4, -0.2) is 16.5 Å². The molecule has 0 spiro atoms. The summed E-state index contributed by atoms with van der Waals surface area (Å²) in [5.74, 6) is 2.24. The third-order valence-corrected chi connectivity index (χ3v) is 6.31. The van der Waals surface area contributed by atoms with Gasteiger partial charge in [0.15, 0.2) is 0 Å². The van der Waals surface area contributed by atoms with Gasteiger partial charge in [-0.25, -0.2) is 0 Å². The van der Waals surface area contributed by atoms with E-state index in [2.05, 4.69) is 13.8 Å². The Kier molecular flexibility index (Phi) is 5.18. The fraction of sp³-hybridized carbons (Fsp3) is 0.947. The van der Waals surface area contributed by atoms with Crippen LogP contribution in [0.2, 0.25) is 0 Å². The Morgan fingerprint density at radius 1 is 1.33 bits per heavy atom. The highest BCUT2D eigenvalue weighted by atomic mass is 16.3. The lowest BCUT2D eigenvalue weighted by Gasteiger charge is -2.52. The summed E-state index contributed by atoms with van der Waals surface area (Å²) < 4.78 is 0. The van der Waals surface area contributed by atoms with Crippen molar-refractivity contribution in [2.45, 2.75) is 91.1 Å². The maximum Gasteiger partial charge on any atom is 0.136 e. The van der Waals surface area contributed by atoms with Gasteiger partial charge in [0, 0.05) is 12.3 Å². The third kappa shape index (κ3) is 3.88. The van der Waals surface area contributed by atoms with Crippen molar-refractivity contribution in [2.75, 3.05) is 0 Å². The molecule has 0 aromatic rings. The summed E-state index contributed by atoms with van der Waals surface area (Å²) in [6, 6.07) is 0. The highest BCUT2D eigenvalue weighted by Gasteiger charge is 2.49. The highest BCUT2D eigenvalue weighted by molar-refractivity contribution is 5.82. The molecule has 0 aromatic carbocycles. The van der Waals surface area contributed by atoms with Crippen LogP contribution in [0.5, 0.6) is 0 Å². The van der Waals surface area contributed by atoms with E-state index in [9.17, 15) is 9.90 Å². The van der Waals surface area contributed by atoms with Crippen LogP contribution in [0.1, 0.15) is 85.5 Å². The van der Waals surface area contributed by atoms with Gasteiger partial charge in [0.1, 0.15) is 5.78 Å². The van der Waals surface area contributed by atoms with E-state index in [1.54, 1.807) is 0 Å². The van der Waals surface area contributed by atoms with Crippen LogP contribution in [0.25, 0.3) is 0 Å². The number of rotatable bonds is 5. The van der Waals surface area contributed by atoms with Gasteiger partial charge in [0.25, 0.3) is 0 Å². The van der Waals surface area contributed by atoms with Gasteiger partial charge in [-0.1, -0.05) is 33.1 Å². The summed E-state index contributed by atoms with van der Waals surface area (Å²) in [5, 5.41) is 9.87. The van der Waals surface area contributed by atoms with Gasteiger partial charge in [-0.05, 0) is 63.2 Å². The van der Waals surface area contributed by atoms with Gasteiger partial charge in [-0.15, -0.1) is 0 Å². The molecule has 0 unspecified atom stereocenters. The van der Waals surface area contributed by atoms with E-state index in [0.717, 1.165) is 32.1 Å². The highest BCUT2D eigenvalue weighted by Crippen LogP contribution is 2.55. The molecular weight excluding hydrogens is 260 g/mol. The summed E-state index contributed by atoms with van der Waals surface area (Å²) in [5.41, 5.74) is -0.290. The van der Waals surface area contributed by atoms with Gasteiger partial charge < -0.3 is 5.11 Å². The molecule has 1 N–H and O–H groups in total. The molecule has 0 aliphatic heterocycles. The summed E-state index contributed by atoms with van der Waals surface area (Å²) >= 11 is 0. The molecule has 2 fully saturated rings. The quantitative estimate of drug-likeness (QED) is 0.795. The van der Waals surface area contributed by atoms with Crippen LogP contribution < -0.4 is 0 Å². The maximum atomic E-state index is 12.3. The molecule has 122 valence electrons. The average molecular weight is 294 g/mol. The van der Waals surface area contributed by atoms with Crippen molar-refractivity contribution >= 4 is 5.78 Å². The van der Waals surface area contributed by atoms with Crippen molar-refractivity contribution in [3.8, 4) is 0 Å². The van der Waals surface area contributed by atoms with Crippen molar-refractivity contribution in [3.63, 3.8) is 0 Å². The van der Waals surface area contributed by atoms with E-state index in [-0.39, 0.29) is 5.41 Å². The third-order valence-electron chi connectivity index (χ3n) is 6.31. The maximum absolute atomic E-state index is 12.3. The molecule has 0 heterocycles. The molecule has 0 amide bonds. The van der Waals surface area contributed by atoms with Crippen LogP contribution in [0.4, 0.5) is 0 Å². The first-order valence-corrected chi connectivity index (χ1v) is 8.99. The predicted molar refractivity (Wildman–Crippen MR) is 87.1 cm³/mol. The van der Waals surface area contributed by atoms with E-state index >= 15 is 0 Å².